The second-order valence-corrected chi connectivity index (χ2v) is 2.83. The average Bonchev–Trinajstić information content (AvgIpc) is 2.11. The summed E-state index contributed by atoms with van der Waals surface area (Å²) in [6.07, 6.45) is 0.660. The number of hydrogen-bond acceptors (Lipinski definition) is 4. The fourth-order valence-electron chi connectivity index (χ4n) is 0.627. The molecule has 1 atom stereocenters. The van der Waals surface area contributed by atoms with Crippen molar-refractivity contribution >= 4 is 17.5 Å². The first-order valence-electron chi connectivity index (χ1n) is 4.22. The molecule has 0 heterocycles. The van der Waals surface area contributed by atoms with Crippen molar-refractivity contribution in [3.05, 3.63) is 0 Å². The van der Waals surface area contributed by atoms with Crippen molar-refractivity contribution in [3.8, 4) is 0 Å². The topological polar surface area (TPSA) is 60.4 Å². The first kappa shape index (κ1) is 11.8. The zero-order valence-corrected chi connectivity index (χ0v) is 8.12. The highest BCUT2D eigenvalue weighted by atomic mass is 16.5. The minimum Gasteiger partial charge on any atom is -0.460 e. The number of ketones is 2. The summed E-state index contributed by atoms with van der Waals surface area (Å²) in [5.74, 6) is -2.88. The van der Waals surface area contributed by atoms with Gasteiger partial charge in [0.05, 0.1) is 12.5 Å². The fraction of sp³-hybridized carbons (Fsp3) is 0.667. The van der Waals surface area contributed by atoms with Crippen LogP contribution in [0.15, 0.2) is 0 Å². The second-order valence-electron chi connectivity index (χ2n) is 2.83. The number of carbonyl (C=O) groups is 3. The van der Waals surface area contributed by atoms with E-state index in [1.54, 1.807) is 0 Å². The van der Waals surface area contributed by atoms with E-state index >= 15 is 0 Å². The minimum absolute atomic E-state index is 0.217. The lowest BCUT2D eigenvalue weighted by Crippen LogP contribution is -2.28. The Kier molecular flexibility index (Phi) is 4.96. The van der Waals surface area contributed by atoms with E-state index in [9.17, 15) is 14.4 Å². The minimum atomic E-state index is -0.912. The van der Waals surface area contributed by atoms with E-state index in [0.29, 0.717) is 6.42 Å². The van der Waals surface area contributed by atoms with Crippen LogP contribution >= 0.6 is 0 Å². The lowest BCUT2D eigenvalue weighted by atomic mass is 10.0. The van der Waals surface area contributed by atoms with Gasteiger partial charge in [-0.05, 0) is 20.3 Å². The molecule has 0 fully saturated rings. The van der Waals surface area contributed by atoms with Gasteiger partial charge in [0.1, 0.15) is 5.78 Å². The van der Waals surface area contributed by atoms with E-state index in [1.807, 2.05) is 6.92 Å². The van der Waals surface area contributed by atoms with Crippen LogP contribution in [0.4, 0.5) is 0 Å². The van der Waals surface area contributed by atoms with Crippen LogP contribution in [0.2, 0.25) is 0 Å². The molecule has 74 valence electrons. The molecule has 0 aromatic rings. The van der Waals surface area contributed by atoms with Gasteiger partial charge in [-0.2, -0.15) is 0 Å². The van der Waals surface area contributed by atoms with Crippen LogP contribution in [0.3, 0.4) is 0 Å². The molecule has 0 rings (SSSR count). The molecule has 13 heavy (non-hydrogen) atoms. The number of rotatable bonds is 5. The molecule has 0 bridgehead atoms. The Hall–Kier alpha value is -1.19. The third-order valence-corrected chi connectivity index (χ3v) is 1.64. The molecule has 4 nitrogen and oxygen atoms in total. The molecule has 4 heteroatoms. The average molecular weight is 186 g/mol. The molecule has 0 aliphatic heterocycles. The number of Topliss-reactive ketones (excluding diaryl/α,β-unsaturated/α-hetero) is 2. The van der Waals surface area contributed by atoms with Crippen molar-refractivity contribution in [1.82, 2.24) is 0 Å². The predicted octanol–water partition coefficient (Wildman–Crippen LogP) is 0.734. The van der Waals surface area contributed by atoms with Crippen molar-refractivity contribution in [2.75, 3.05) is 6.61 Å². The molecule has 0 saturated heterocycles. The van der Waals surface area contributed by atoms with Crippen LogP contribution < -0.4 is 0 Å². The van der Waals surface area contributed by atoms with Gasteiger partial charge in [-0.25, -0.2) is 4.79 Å². The summed E-state index contributed by atoms with van der Waals surface area (Å²) < 4.78 is 4.58. The van der Waals surface area contributed by atoms with Crippen LogP contribution in [0.1, 0.15) is 27.2 Å². The van der Waals surface area contributed by atoms with Crippen LogP contribution in [0, 0.1) is 5.92 Å². The summed E-state index contributed by atoms with van der Waals surface area (Å²) in [7, 11) is 0. The quantitative estimate of drug-likeness (QED) is 0.361. The van der Waals surface area contributed by atoms with Crippen LogP contribution in [-0.2, 0) is 19.1 Å². The van der Waals surface area contributed by atoms with Crippen molar-refractivity contribution in [2.24, 2.45) is 5.92 Å². The fourth-order valence-corrected chi connectivity index (χ4v) is 0.627. The Bertz CT molecular complexity index is 220. The molecule has 0 spiro atoms. The van der Waals surface area contributed by atoms with Gasteiger partial charge >= 0.3 is 5.97 Å². The van der Waals surface area contributed by atoms with E-state index in [-0.39, 0.29) is 12.4 Å². The molecule has 0 saturated carbocycles. The summed E-state index contributed by atoms with van der Waals surface area (Å²) in [6.45, 7) is 4.72. The maximum atomic E-state index is 11.1. The molecule has 0 aromatic heterocycles. The normalized spacial score (nSPS) is 11.9. The van der Waals surface area contributed by atoms with Gasteiger partial charge in [0.2, 0.25) is 5.78 Å². The summed E-state index contributed by atoms with van der Waals surface area (Å²) in [5, 5.41) is 0. The summed E-state index contributed by atoms with van der Waals surface area (Å²) in [6, 6.07) is 0. The molecular formula is C9H14O4. The molecule has 0 aromatic carbocycles. The van der Waals surface area contributed by atoms with Crippen molar-refractivity contribution < 1.29 is 19.1 Å². The summed E-state index contributed by atoms with van der Waals surface area (Å²) in [5.41, 5.74) is 0. The smallest absolute Gasteiger partial charge is 0.375 e. The van der Waals surface area contributed by atoms with Crippen molar-refractivity contribution in [2.45, 2.75) is 27.2 Å². The Morgan fingerprint density at radius 1 is 1.31 bits per heavy atom. The van der Waals surface area contributed by atoms with E-state index in [4.69, 9.17) is 0 Å². The zero-order valence-electron chi connectivity index (χ0n) is 8.12. The van der Waals surface area contributed by atoms with E-state index in [1.165, 1.54) is 13.8 Å². The first-order chi connectivity index (χ1) is 6.00. The summed E-state index contributed by atoms with van der Waals surface area (Å²) in [4.78, 5) is 32.8. The van der Waals surface area contributed by atoms with Gasteiger partial charge in [0.15, 0.2) is 0 Å². The van der Waals surface area contributed by atoms with Gasteiger partial charge in [0, 0.05) is 0 Å². The Labute approximate surface area is 77.3 Å². The third kappa shape index (κ3) is 3.83. The van der Waals surface area contributed by atoms with Crippen LogP contribution in [0.5, 0.6) is 0 Å². The number of esters is 1. The van der Waals surface area contributed by atoms with E-state index < -0.39 is 17.7 Å². The van der Waals surface area contributed by atoms with Gasteiger partial charge in [-0.1, -0.05) is 6.92 Å². The molecule has 0 amide bonds. The van der Waals surface area contributed by atoms with Gasteiger partial charge in [0.25, 0.3) is 0 Å². The largest absolute Gasteiger partial charge is 0.460 e. The molecule has 0 aliphatic carbocycles. The Morgan fingerprint density at radius 2 is 1.85 bits per heavy atom. The maximum absolute atomic E-state index is 11.1. The SMILES string of the molecule is CCCOC(=O)C(=O)C(C)C(C)=O. The van der Waals surface area contributed by atoms with Gasteiger partial charge < -0.3 is 4.74 Å². The van der Waals surface area contributed by atoms with Gasteiger partial charge in [-0.3, -0.25) is 9.59 Å². The molecule has 0 radical (unpaired) electrons. The Morgan fingerprint density at radius 3 is 2.23 bits per heavy atom. The van der Waals surface area contributed by atoms with Crippen molar-refractivity contribution in [1.29, 1.82) is 0 Å². The predicted molar refractivity (Wildman–Crippen MR) is 46.1 cm³/mol. The highest BCUT2D eigenvalue weighted by molar-refractivity contribution is 6.38. The highest BCUT2D eigenvalue weighted by Crippen LogP contribution is 2.00. The van der Waals surface area contributed by atoms with Crippen molar-refractivity contribution in [3.63, 3.8) is 0 Å². The van der Waals surface area contributed by atoms with Crippen LogP contribution in [-0.4, -0.2) is 24.1 Å². The van der Waals surface area contributed by atoms with E-state index in [2.05, 4.69) is 4.74 Å². The maximum Gasteiger partial charge on any atom is 0.375 e. The first-order valence-corrected chi connectivity index (χ1v) is 4.22. The van der Waals surface area contributed by atoms with E-state index in [0.717, 1.165) is 0 Å². The monoisotopic (exact) mass is 186 g/mol. The number of hydrogen-bond donors (Lipinski definition) is 0. The highest BCUT2D eigenvalue weighted by Gasteiger charge is 2.25. The Balaban J connectivity index is 4.10. The third-order valence-electron chi connectivity index (χ3n) is 1.64. The number of carbonyl (C=O) groups excluding carboxylic acids is 3. The molecular weight excluding hydrogens is 172 g/mol. The van der Waals surface area contributed by atoms with Gasteiger partial charge in [-0.15, -0.1) is 0 Å². The summed E-state index contributed by atoms with van der Waals surface area (Å²) >= 11 is 0. The molecule has 0 aliphatic rings. The molecule has 0 N–H and O–H groups in total. The molecule has 1 unspecified atom stereocenters. The second kappa shape index (κ2) is 5.45. The lowest BCUT2D eigenvalue weighted by molar-refractivity contribution is -0.156. The van der Waals surface area contributed by atoms with Crippen LogP contribution in [0.25, 0.3) is 0 Å². The standard InChI is InChI=1S/C9H14O4/c1-4-5-13-9(12)8(11)6(2)7(3)10/h6H,4-5H2,1-3H3. The lowest BCUT2D eigenvalue weighted by Gasteiger charge is -2.05. The zero-order chi connectivity index (χ0) is 10.4. The number of ether oxygens (including phenoxy) is 1.